The number of hydrogen-bond acceptors (Lipinski definition) is 3. The number of thioether (sulfide) groups is 1. The number of amidine groups is 1. The lowest BCUT2D eigenvalue weighted by Gasteiger charge is -2.03. The van der Waals surface area contributed by atoms with E-state index < -0.39 is 0 Å². The highest BCUT2D eigenvalue weighted by Gasteiger charge is 2.18. The van der Waals surface area contributed by atoms with Crippen LogP contribution < -0.4 is 10.5 Å². The van der Waals surface area contributed by atoms with Crippen LogP contribution in [-0.4, -0.2) is 11.3 Å². The van der Waals surface area contributed by atoms with E-state index in [-0.39, 0.29) is 11.3 Å². The van der Waals surface area contributed by atoms with Crippen LogP contribution in [0.2, 0.25) is 0 Å². The van der Waals surface area contributed by atoms with Gasteiger partial charge in [0.05, 0.1) is 0 Å². The zero-order valence-electron chi connectivity index (χ0n) is 8.62. The molecule has 1 heterocycles. The number of hydrogen-bond donors (Lipinski definition) is 2. The van der Waals surface area contributed by atoms with Gasteiger partial charge in [0.25, 0.3) is 0 Å². The number of ether oxygens (including phenoxy) is 1. The summed E-state index contributed by atoms with van der Waals surface area (Å²) >= 11 is 1.35. The fraction of sp³-hybridized carbons (Fsp3) is 0.364. The zero-order chi connectivity index (χ0) is 10.8. The van der Waals surface area contributed by atoms with Crippen molar-refractivity contribution in [2.45, 2.75) is 25.2 Å². The minimum Gasteiger partial charge on any atom is -0.490 e. The molecule has 4 heteroatoms. The lowest BCUT2D eigenvalue weighted by Crippen LogP contribution is -2.05. The van der Waals surface area contributed by atoms with E-state index in [4.69, 9.17) is 15.9 Å². The number of fused-ring (bicyclic) bond motifs is 1. The van der Waals surface area contributed by atoms with Gasteiger partial charge in [-0.3, -0.25) is 5.41 Å². The molecular formula is C11H14N2OS. The molecule has 3 N–H and O–H groups in total. The molecule has 3 nitrogen and oxygen atoms in total. The van der Waals surface area contributed by atoms with Crippen LogP contribution in [0.3, 0.4) is 0 Å². The average Bonchev–Trinajstić information content (AvgIpc) is 2.53. The number of nitrogens with one attached hydrogen (secondary N) is 1. The second-order valence-corrected chi connectivity index (χ2v) is 4.74. The zero-order valence-corrected chi connectivity index (χ0v) is 9.43. The molecule has 0 aliphatic carbocycles. The molecule has 0 spiro atoms. The van der Waals surface area contributed by atoms with Crippen LogP contribution in [0.4, 0.5) is 0 Å². The van der Waals surface area contributed by atoms with E-state index in [1.807, 2.05) is 12.1 Å². The minimum atomic E-state index is 0.167. The van der Waals surface area contributed by atoms with Gasteiger partial charge in [-0.25, -0.2) is 0 Å². The molecule has 1 atom stereocenters. The summed E-state index contributed by atoms with van der Waals surface area (Å²) in [4.78, 5) is 0. The number of nitrogens with two attached hydrogens (primary N) is 1. The lowest BCUT2D eigenvalue weighted by atomic mass is 10.1. The standard InChI is InChI=1S/C11H14N2OS/c1-7-4-9-5-8(6-15-11(12)13)2-3-10(9)14-7/h2-3,5,7H,4,6H2,1H3,(H3,12,13)/t7-/m1/s1. The Bertz CT molecular complexity index is 392. The molecule has 0 unspecified atom stereocenters. The first-order valence-corrected chi connectivity index (χ1v) is 5.89. The fourth-order valence-electron chi connectivity index (χ4n) is 1.73. The van der Waals surface area contributed by atoms with Crippen LogP contribution in [0.1, 0.15) is 18.1 Å². The van der Waals surface area contributed by atoms with Crippen LogP contribution in [0.5, 0.6) is 5.75 Å². The summed E-state index contributed by atoms with van der Waals surface area (Å²) in [6, 6.07) is 6.19. The summed E-state index contributed by atoms with van der Waals surface area (Å²) in [7, 11) is 0. The van der Waals surface area contributed by atoms with Crippen LogP contribution in [-0.2, 0) is 12.2 Å². The van der Waals surface area contributed by atoms with Crippen molar-refractivity contribution in [3.05, 3.63) is 29.3 Å². The van der Waals surface area contributed by atoms with E-state index in [1.54, 1.807) is 0 Å². The van der Waals surface area contributed by atoms with E-state index in [0.29, 0.717) is 0 Å². The van der Waals surface area contributed by atoms with E-state index in [2.05, 4.69) is 13.0 Å². The Morgan fingerprint density at radius 3 is 3.20 bits per heavy atom. The van der Waals surface area contributed by atoms with Crippen molar-refractivity contribution in [3.63, 3.8) is 0 Å². The Balaban J connectivity index is 2.09. The minimum absolute atomic E-state index is 0.167. The molecule has 1 aliphatic rings. The van der Waals surface area contributed by atoms with Gasteiger partial charge in [0.1, 0.15) is 11.9 Å². The van der Waals surface area contributed by atoms with Gasteiger partial charge in [-0.15, -0.1) is 0 Å². The van der Waals surface area contributed by atoms with Gasteiger partial charge < -0.3 is 10.5 Å². The Hall–Kier alpha value is -1.16. The third kappa shape index (κ3) is 2.45. The van der Waals surface area contributed by atoms with E-state index in [9.17, 15) is 0 Å². The molecule has 15 heavy (non-hydrogen) atoms. The van der Waals surface area contributed by atoms with Crippen molar-refractivity contribution >= 4 is 16.9 Å². The largest absolute Gasteiger partial charge is 0.490 e. The molecule has 1 aliphatic heterocycles. The molecule has 80 valence electrons. The van der Waals surface area contributed by atoms with E-state index in [0.717, 1.165) is 17.9 Å². The lowest BCUT2D eigenvalue weighted by molar-refractivity contribution is 0.254. The number of rotatable bonds is 2. The summed E-state index contributed by atoms with van der Waals surface area (Å²) in [6.07, 6.45) is 1.27. The molecular weight excluding hydrogens is 208 g/mol. The highest BCUT2D eigenvalue weighted by atomic mass is 32.2. The van der Waals surface area contributed by atoms with Gasteiger partial charge >= 0.3 is 0 Å². The van der Waals surface area contributed by atoms with Gasteiger partial charge in [-0.05, 0) is 24.1 Å². The van der Waals surface area contributed by atoms with E-state index >= 15 is 0 Å². The van der Waals surface area contributed by atoms with Crippen molar-refractivity contribution in [2.24, 2.45) is 5.73 Å². The third-order valence-corrected chi connectivity index (χ3v) is 3.14. The molecule has 2 rings (SSSR count). The Morgan fingerprint density at radius 1 is 1.67 bits per heavy atom. The van der Waals surface area contributed by atoms with Gasteiger partial charge in [0.2, 0.25) is 0 Å². The maximum absolute atomic E-state index is 7.14. The molecule has 0 saturated carbocycles. The Morgan fingerprint density at radius 2 is 2.47 bits per heavy atom. The average molecular weight is 222 g/mol. The quantitative estimate of drug-likeness (QED) is 0.595. The monoisotopic (exact) mass is 222 g/mol. The molecule has 0 saturated heterocycles. The van der Waals surface area contributed by atoms with Crippen molar-refractivity contribution in [3.8, 4) is 5.75 Å². The highest BCUT2D eigenvalue weighted by molar-refractivity contribution is 8.13. The van der Waals surface area contributed by atoms with Crippen LogP contribution >= 0.6 is 11.8 Å². The SMILES string of the molecule is C[C@@H]1Cc2cc(CSC(=N)N)ccc2O1. The molecule has 0 bridgehead atoms. The first-order valence-electron chi connectivity index (χ1n) is 4.90. The second kappa shape index (κ2) is 4.14. The van der Waals surface area contributed by atoms with Crippen LogP contribution in [0.15, 0.2) is 18.2 Å². The maximum Gasteiger partial charge on any atom is 0.151 e. The van der Waals surface area contributed by atoms with Crippen molar-refractivity contribution < 1.29 is 4.74 Å². The summed E-state index contributed by atoms with van der Waals surface area (Å²) in [5.74, 6) is 1.76. The molecule has 0 amide bonds. The van der Waals surface area contributed by atoms with Crippen LogP contribution in [0.25, 0.3) is 0 Å². The molecule has 0 radical (unpaired) electrons. The normalized spacial score (nSPS) is 18.3. The van der Waals surface area contributed by atoms with E-state index in [1.165, 1.54) is 22.9 Å². The topological polar surface area (TPSA) is 59.1 Å². The first kappa shape index (κ1) is 10.4. The fourth-order valence-corrected chi connectivity index (χ4v) is 2.23. The van der Waals surface area contributed by atoms with Gasteiger partial charge in [-0.2, -0.15) is 0 Å². The Kier molecular flexibility index (Phi) is 2.86. The molecule has 1 aromatic carbocycles. The molecule has 0 fully saturated rings. The van der Waals surface area contributed by atoms with Gasteiger partial charge in [0, 0.05) is 12.2 Å². The molecule has 0 aromatic heterocycles. The Labute approximate surface area is 93.5 Å². The predicted octanol–water partition coefficient (Wildman–Crippen LogP) is 2.14. The smallest absolute Gasteiger partial charge is 0.151 e. The number of benzene rings is 1. The predicted molar refractivity (Wildman–Crippen MR) is 63.4 cm³/mol. The van der Waals surface area contributed by atoms with Gasteiger partial charge in [0.15, 0.2) is 5.17 Å². The highest BCUT2D eigenvalue weighted by Crippen LogP contribution is 2.30. The van der Waals surface area contributed by atoms with Crippen molar-refractivity contribution in [1.82, 2.24) is 0 Å². The summed E-state index contributed by atoms with van der Waals surface area (Å²) in [5, 5.41) is 7.31. The van der Waals surface area contributed by atoms with Crippen molar-refractivity contribution in [1.29, 1.82) is 5.41 Å². The van der Waals surface area contributed by atoms with Crippen molar-refractivity contribution in [2.75, 3.05) is 0 Å². The second-order valence-electron chi connectivity index (χ2n) is 3.73. The molecule has 1 aromatic rings. The van der Waals surface area contributed by atoms with Gasteiger partial charge in [-0.1, -0.05) is 23.9 Å². The first-order chi connectivity index (χ1) is 7.15. The summed E-state index contributed by atoms with van der Waals surface area (Å²) in [6.45, 7) is 2.07. The summed E-state index contributed by atoms with van der Waals surface area (Å²) < 4.78 is 5.61. The maximum atomic E-state index is 7.14. The summed E-state index contributed by atoms with van der Waals surface area (Å²) in [5.41, 5.74) is 7.77. The van der Waals surface area contributed by atoms with Crippen LogP contribution in [0, 0.1) is 5.41 Å². The third-order valence-electron chi connectivity index (χ3n) is 2.35.